The van der Waals surface area contributed by atoms with Gasteiger partial charge in [-0.15, -0.1) is 0 Å². The van der Waals surface area contributed by atoms with Crippen LogP contribution in [0.1, 0.15) is 34.1 Å². The highest BCUT2D eigenvalue weighted by Crippen LogP contribution is 2.23. The van der Waals surface area contributed by atoms with Crippen LogP contribution in [0.5, 0.6) is 0 Å². The van der Waals surface area contributed by atoms with Crippen LogP contribution in [0, 0.1) is 5.92 Å². The Morgan fingerprint density at radius 1 is 1.44 bits per heavy atom. The van der Waals surface area contributed by atoms with Gasteiger partial charge in [-0.3, -0.25) is 4.68 Å². The first kappa shape index (κ1) is 13.4. The molecule has 1 fully saturated rings. The Morgan fingerprint density at radius 3 is 2.78 bits per heavy atom. The van der Waals surface area contributed by atoms with Gasteiger partial charge in [-0.2, -0.15) is 5.10 Å². The van der Waals surface area contributed by atoms with Crippen LogP contribution < -0.4 is 10.2 Å². The Morgan fingerprint density at radius 2 is 2.22 bits per heavy atom. The number of rotatable bonds is 4. The molecule has 1 aromatic heterocycles. The second kappa shape index (κ2) is 5.74. The smallest absolute Gasteiger partial charge is 0.0756 e. The zero-order chi connectivity index (χ0) is 13.1. The summed E-state index contributed by atoms with van der Waals surface area (Å²) in [5.41, 5.74) is 1.27. The molecule has 4 nitrogen and oxygen atoms in total. The molecule has 1 aliphatic rings. The highest BCUT2D eigenvalue weighted by atomic mass is 15.3. The molecule has 2 heterocycles. The van der Waals surface area contributed by atoms with Crippen molar-refractivity contribution in [2.75, 3.05) is 18.0 Å². The molecule has 2 rings (SSSR count). The van der Waals surface area contributed by atoms with Crippen molar-refractivity contribution in [1.29, 1.82) is 0 Å². The minimum Gasteiger partial charge on any atom is -0.363 e. The first-order valence-electron chi connectivity index (χ1n) is 7.18. The Bertz CT molecular complexity index is 372. The van der Waals surface area contributed by atoms with Gasteiger partial charge in [0.2, 0.25) is 0 Å². The van der Waals surface area contributed by atoms with Crippen LogP contribution in [0.3, 0.4) is 0 Å². The molecule has 4 heteroatoms. The molecule has 1 N–H and O–H groups in total. The van der Waals surface area contributed by atoms with Gasteiger partial charge < -0.3 is 10.2 Å². The summed E-state index contributed by atoms with van der Waals surface area (Å²) in [5, 5.41) is 8.06. The molecule has 1 aromatic rings. The summed E-state index contributed by atoms with van der Waals surface area (Å²) < 4.78 is 2.01. The monoisotopic (exact) mass is 250 g/mol. The molecule has 1 saturated heterocycles. The van der Waals surface area contributed by atoms with E-state index in [1.165, 1.54) is 12.1 Å². The number of hydrogen-bond acceptors (Lipinski definition) is 3. The van der Waals surface area contributed by atoms with Crippen LogP contribution in [0.4, 0.5) is 5.69 Å². The van der Waals surface area contributed by atoms with Crippen LogP contribution in [0.15, 0.2) is 12.4 Å². The van der Waals surface area contributed by atoms with Gasteiger partial charge in [0.15, 0.2) is 0 Å². The topological polar surface area (TPSA) is 33.1 Å². The molecule has 0 radical (unpaired) electrons. The Labute approximate surface area is 110 Å². The number of aryl methyl sites for hydroxylation is 1. The number of aromatic nitrogens is 2. The lowest BCUT2D eigenvalue weighted by Gasteiger charge is -2.43. The van der Waals surface area contributed by atoms with Gasteiger partial charge >= 0.3 is 0 Å². The average Bonchev–Trinajstić information content (AvgIpc) is 2.86. The van der Waals surface area contributed by atoms with E-state index in [9.17, 15) is 0 Å². The van der Waals surface area contributed by atoms with Gasteiger partial charge in [-0.05, 0) is 19.3 Å². The molecule has 2 atom stereocenters. The molecular formula is C14H26N4. The van der Waals surface area contributed by atoms with E-state index in [4.69, 9.17) is 0 Å². The first-order chi connectivity index (χ1) is 8.65. The van der Waals surface area contributed by atoms with Crippen molar-refractivity contribution in [1.82, 2.24) is 15.1 Å². The van der Waals surface area contributed by atoms with Crippen LogP contribution in [-0.2, 0) is 6.54 Å². The Hall–Kier alpha value is -1.03. The molecule has 0 aliphatic carbocycles. The highest BCUT2D eigenvalue weighted by Gasteiger charge is 2.29. The third-order valence-electron chi connectivity index (χ3n) is 3.97. The average molecular weight is 250 g/mol. The Balaban J connectivity index is 2.18. The number of anilines is 1. The SMILES string of the molecule is CCC1CN(c2cnn(CC)c2)C(C(C)C)CN1. The van der Waals surface area contributed by atoms with Crippen LogP contribution in [-0.4, -0.2) is 35.0 Å². The molecule has 102 valence electrons. The predicted molar refractivity (Wildman–Crippen MR) is 76.0 cm³/mol. The summed E-state index contributed by atoms with van der Waals surface area (Å²) in [7, 11) is 0. The quantitative estimate of drug-likeness (QED) is 0.888. The van der Waals surface area contributed by atoms with Crippen molar-refractivity contribution in [3.05, 3.63) is 12.4 Å². The normalized spacial score (nSPS) is 24.8. The minimum absolute atomic E-state index is 0.572. The summed E-state index contributed by atoms with van der Waals surface area (Å²) in [6.07, 6.45) is 5.37. The predicted octanol–water partition coefficient (Wildman–Crippen LogP) is 2.12. The molecule has 0 aromatic carbocycles. The second-order valence-corrected chi connectivity index (χ2v) is 5.53. The summed E-state index contributed by atoms with van der Waals surface area (Å²) in [6, 6.07) is 1.17. The van der Waals surface area contributed by atoms with Crippen LogP contribution in [0.25, 0.3) is 0 Å². The molecule has 2 unspecified atom stereocenters. The van der Waals surface area contributed by atoms with Crippen LogP contribution >= 0.6 is 0 Å². The van der Waals surface area contributed by atoms with Crippen molar-refractivity contribution >= 4 is 5.69 Å². The van der Waals surface area contributed by atoms with E-state index in [0.29, 0.717) is 18.0 Å². The fraction of sp³-hybridized carbons (Fsp3) is 0.786. The zero-order valence-electron chi connectivity index (χ0n) is 12.1. The molecule has 18 heavy (non-hydrogen) atoms. The maximum absolute atomic E-state index is 4.41. The zero-order valence-corrected chi connectivity index (χ0v) is 12.1. The number of piperazine rings is 1. The third-order valence-corrected chi connectivity index (χ3v) is 3.97. The molecule has 1 aliphatic heterocycles. The maximum Gasteiger partial charge on any atom is 0.0756 e. The second-order valence-electron chi connectivity index (χ2n) is 5.53. The number of nitrogens with one attached hydrogen (secondary N) is 1. The molecule has 0 spiro atoms. The van der Waals surface area contributed by atoms with Gasteiger partial charge in [0.05, 0.1) is 11.9 Å². The van der Waals surface area contributed by atoms with E-state index >= 15 is 0 Å². The summed E-state index contributed by atoms with van der Waals surface area (Å²) in [5.74, 6) is 0.653. The van der Waals surface area contributed by atoms with Crippen molar-refractivity contribution in [3.63, 3.8) is 0 Å². The van der Waals surface area contributed by atoms with Gasteiger partial charge in [0, 0.05) is 37.9 Å². The summed E-state index contributed by atoms with van der Waals surface area (Å²) in [4.78, 5) is 2.54. The van der Waals surface area contributed by atoms with Gasteiger partial charge in [-0.1, -0.05) is 20.8 Å². The molecule has 0 amide bonds. The van der Waals surface area contributed by atoms with Crippen LogP contribution in [0.2, 0.25) is 0 Å². The van der Waals surface area contributed by atoms with Gasteiger partial charge in [-0.25, -0.2) is 0 Å². The van der Waals surface area contributed by atoms with Crippen molar-refractivity contribution in [2.24, 2.45) is 5.92 Å². The van der Waals surface area contributed by atoms with E-state index in [1.54, 1.807) is 0 Å². The molecule has 0 bridgehead atoms. The lowest BCUT2D eigenvalue weighted by atomic mass is 9.97. The molecule has 0 saturated carbocycles. The lowest BCUT2D eigenvalue weighted by molar-refractivity contribution is 0.333. The number of hydrogen-bond donors (Lipinski definition) is 1. The fourth-order valence-electron chi connectivity index (χ4n) is 2.67. The minimum atomic E-state index is 0.572. The third kappa shape index (κ3) is 2.69. The number of nitrogens with zero attached hydrogens (tertiary/aromatic N) is 3. The maximum atomic E-state index is 4.41. The largest absolute Gasteiger partial charge is 0.363 e. The molecular weight excluding hydrogens is 224 g/mol. The van der Waals surface area contributed by atoms with E-state index in [1.807, 2.05) is 10.9 Å². The van der Waals surface area contributed by atoms with Crippen molar-refractivity contribution in [2.45, 2.75) is 52.7 Å². The van der Waals surface area contributed by atoms with Gasteiger partial charge in [0.1, 0.15) is 0 Å². The van der Waals surface area contributed by atoms with Crippen molar-refractivity contribution < 1.29 is 0 Å². The lowest BCUT2D eigenvalue weighted by Crippen LogP contribution is -2.58. The van der Waals surface area contributed by atoms with E-state index in [0.717, 1.165) is 19.6 Å². The Kier molecular flexibility index (Phi) is 4.27. The van der Waals surface area contributed by atoms with E-state index in [2.05, 4.69) is 49.2 Å². The summed E-state index contributed by atoms with van der Waals surface area (Å²) in [6.45, 7) is 12.1. The van der Waals surface area contributed by atoms with Crippen molar-refractivity contribution in [3.8, 4) is 0 Å². The summed E-state index contributed by atoms with van der Waals surface area (Å²) >= 11 is 0. The highest BCUT2D eigenvalue weighted by molar-refractivity contribution is 5.45. The van der Waals surface area contributed by atoms with Gasteiger partial charge in [0.25, 0.3) is 0 Å². The standard InChI is InChI=1S/C14H26N4/c1-5-12-9-18(14(8-15-12)11(3)4)13-7-16-17(6-2)10-13/h7,10-12,14-15H,5-6,8-9H2,1-4H3. The fourth-order valence-corrected chi connectivity index (χ4v) is 2.67. The van der Waals surface area contributed by atoms with E-state index < -0.39 is 0 Å². The first-order valence-corrected chi connectivity index (χ1v) is 7.18. The van der Waals surface area contributed by atoms with E-state index in [-0.39, 0.29) is 0 Å².